The Morgan fingerprint density at radius 1 is 1.56 bits per heavy atom. The molecule has 0 amide bonds. The van der Waals surface area contributed by atoms with Gasteiger partial charge in [-0.25, -0.2) is 4.98 Å². The van der Waals surface area contributed by atoms with E-state index in [9.17, 15) is 10.1 Å². The lowest BCUT2D eigenvalue weighted by Crippen LogP contribution is -2.25. The summed E-state index contributed by atoms with van der Waals surface area (Å²) in [6.45, 7) is 1.34. The van der Waals surface area contributed by atoms with Crippen LogP contribution in [0.5, 0.6) is 0 Å². The highest BCUT2D eigenvalue weighted by molar-refractivity contribution is 5.09. The van der Waals surface area contributed by atoms with Gasteiger partial charge in [0.1, 0.15) is 6.26 Å². The third kappa shape index (κ3) is 3.22. The van der Waals surface area contributed by atoms with Crippen molar-refractivity contribution in [1.29, 1.82) is 0 Å². The maximum atomic E-state index is 10.7. The number of nitrogens with one attached hydrogen (secondary N) is 2. The van der Waals surface area contributed by atoms with Gasteiger partial charge in [0.15, 0.2) is 11.7 Å². The Bertz CT molecular complexity index is 428. The van der Waals surface area contributed by atoms with Gasteiger partial charge >= 0.3 is 0 Å². The number of nitrogens with zero attached hydrogens (tertiary/aromatic N) is 2. The molecule has 0 aliphatic carbocycles. The molecule has 1 aromatic rings. The maximum Gasteiger partial charge on any atom is 0.287 e. The lowest BCUT2D eigenvalue weighted by atomic mass is 10.2. The molecule has 2 N–H and O–H groups in total. The molecule has 1 aromatic heterocycles. The average Bonchev–Trinajstić information content (AvgIpc) is 2.98. The van der Waals surface area contributed by atoms with Gasteiger partial charge in [0.2, 0.25) is 0 Å². The minimum Gasteiger partial charge on any atom is -0.449 e. The van der Waals surface area contributed by atoms with E-state index >= 15 is 0 Å². The topological polar surface area (TPSA) is 93.2 Å². The quantitative estimate of drug-likeness (QED) is 0.427. The monoisotopic (exact) mass is 252 g/mol. The van der Waals surface area contributed by atoms with Crippen LogP contribution in [0.4, 0.5) is 0 Å². The van der Waals surface area contributed by atoms with Crippen LogP contribution in [0.15, 0.2) is 28.4 Å². The van der Waals surface area contributed by atoms with Gasteiger partial charge in [-0.2, -0.15) is 0 Å². The summed E-state index contributed by atoms with van der Waals surface area (Å²) in [6.07, 6.45) is 6.32. The second-order valence-electron chi connectivity index (χ2n) is 4.07. The van der Waals surface area contributed by atoms with E-state index in [-0.39, 0.29) is 10.6 Å². The van der Waals surface area contributed by atoms with E-state index in [2.05, 4.69) is 15.6 Å². The van der Waals surface area contributed by atoms with Crippen molar-refractivity contribution < 1.29 is 9.34 Å². The fourth-order valence-corrected chi connectivity index (χ4v) is 1.87. The van der Waals surface area contributed by atoms with Gasteiger partial charge in [-0.3, -0.25) is 10.1 Å². The van der Waals surface area contributed by atoms with Crippen molar-refractivity contribution >= 4 is 0 Å². The maximum absolute atomic E-state index is 10.7. The van der Waals surface area contributed by atoms with Crippen molar-refractivity contribution in [2.24, 2.45) is 0 Å². The Kier molecular flexibility index (Phi) is 4.16. The third-order valence-electron chi connectivity index (χ3n) is 2.78. The molecule has 0 saturated carbocycles. The molecule has 98 valence electrons. The van der Waals surface area contributed by atoms with E-state index in [0.717, 1.165) is 25.2 Å². The van der Waals surface area contributed by atoms with Crippen molar-refractivity contribution in [2.45, 2.75) is 25.7 Å². The Morgan fingerprint density at radius 3 is 3.17 bits per heavy atom. The summed E-state index contributed by atoms with van der Waals surface area (Å²) in [5, 5.41) is 16.8. The second kappa shape index (κ2) is 6.04. The largest absolute Gasteiger partial charge is 0.449 e. The van der Waals surface area contributed by atoms with E-state index in [0.29, 0.717) is 25.3 Å². The molecule has 7 heteroatoms. The van der Waals surface area contributed by atoms with Gasteiger partial charge < -0.3 is 15.1 Å². The summed E-state index contributed by atoms with van der Waals surface area (Å²) in [6, 6.07) is 0. The summed E-state index contributed by atoms with van der Waals surface area (Å²) in [5.74, 6) is 1.30. The Balaban J connectivity index is 1.66. The first kappa shape index (κ1) is 12.4. The summed E-state index contributed by atoms with van der Waals surface area (Å²) in [4.78, 5) is 14.4. The predicted molar refractivity (Wildman–Crippen MR) is 64.1 cm³/mol. The van der Waals surface area contributed by atoms with Crippen molar-refractivity contribution in [3.8, 4) is 0 Å². The van der Waals surface area contributed by atoms with Gasteiger partial charge in [0.05, 0.1) is 17.5 Å². The molecule has 0 aromatic carbocycles. The van der Waals surface area contributed by atoms with Gasteiger partial charge in [-0.05, 0) is 12.8 Å². The summed E-state index contributed by atoms with van der Waals surface area (Å²) in [5.41, 5.74) is 0.253. The van der Waals surface area contributed by atoms with Crippen molar-refractivity contribution in [3.05, 3.63) is 40.0 Å². The lowest BCUT2D eigenvalue weighted by molar-refractivity contribution is -0.427. The molecule has 0 bridgehead atoms. The number of hydrogen-bond donors (Lipinski definition) is 2. The van der Waals surface area contributed by atoms with Crippen LogP contribution >= 0.6 is 0 Å². The highest BCUT2D eigenvalue weighted by Crippen LogP contribution is 2.11. The van der Waals surface area contributed by atoms with E-state index in [1.807, 2.05) is 0 Å². The van der Waals surface area contributed by atoms with Crippen LogP contribution in [0.3, 0.4) is 0 Å². The Hall–Kier alpha value is -2.05. The first-order chi connectivity index (χ1) is 8.77. The number of aryl methyl sites for hydroxylation is 1. The number of nitro groups is 1. The fraction of sp³-hybridized carbons (Fsp3) is 0.545. The molecular formula is C11H16N4O3. The predicted octanol–water partition coefficient (Wildman–Crippen LogP) is 1.03. The molecule has 1 aliphatic heterocycles. The number of oxazole rings is 1. The average molecular weight is 252 g/mol. The zero-order valence-electron chi connectivity index (χ0n) is 10.0. The molecule has 7 nitrogen and oxygen atoms in total. The van der Waals surface area contributed by atoms with Crippen molar-refractivity contribution in [3.63, 3.8) is 0 Å². The van der Waals surface area contributed by atoms with Crippen LogP contribution in [0.2, 0.25) is 0 Å². The number of unbranched alkanes of at least 4 members (excludes halogenated alkanes) is 1. The normalized spacial score (nSPS) is 14.7. The van der Waals surface area contributed by atoms with E-state index < -0.39 is 0 Å². The smallest absolute Gasteiger partial charge is 0.287 e. The van der Waals surface area contributed by atoms with Gasteiger partial charge in [-0.15, -0.1) is 0 Å². The van der Waals surface area contributed by atoms with E-state index in [4.69, 9.17) is 4.42 Å². The van der Waals surface area contributed by atoms with Gasteiger partial charge in [0, 0.05) is 19.5 Å². The Labute approximate surface area is 104 Å². The van der Waals surface area contributed by atoms with E-state index in [1.165, 1.54) is 0 Å². The van der Waals surface area contributed by atoms with Crippen LogP contribution in [-0.2, 0) is 6.42 Å². The number of rotatable bonds is 7. The molecule has 2 rings (SSSR count). The molecule has 0 atom stereocenters. The summed E-state index contributed by atoms with van der Waals surface area (Å²) < 4.78 is 5.12. The second-order valence-corrected chi connectivity index (χ2v) is 4.07. The SMILES string of the molecule is O=[N+]([O-])C1=C(NCCCCc2ncco2)NCC1. The minimum atomic E-state index is -0.324. The van der Waals surface area contributed by atoms with Gasteiger partial charge in [0.25, 0.3) is 5.70 Å². The van der Waals surface area contributed by atoms with Gasteiger partial charge in [-0.1, -0.05) is 0 Å². The molecule has 0 radical (unpaired) electrons. The van der Waals surface area contributed by atoms with Crippen LogP contribution in [-0.4, -0.2) is 23.0 Å². The highest BCUT2D eigenvalue weighted by atomic mass is 16.6. The Morgan fingerprint density at radius 2 is 2.44 bits per heavy atom. The highest BCUT2D eigenvalue weighted by Gasteiger charge is 2.23. The third-order valence-corrected chi connectivity index (χ3v) is 2.78. The molecular weight excluding hydrogens is 236 g/mol. The van der Waals surface area contributed by atoms with Crippen LogP contribution in [0.25, 0.3) is 0 Å². The van der Waals surface area contributed by atoms with Crippen molar-refractivity contribution in [1.82, 2.24) is 15.6 Å². The zero-order valence-corrected chi connectivity index (χ0v) is 10.0. The molecule has 0 unspecified atom stereocenters. The summed E-state index contributed by atoms with van der Waals surface area (Å²) in [7, 11) is 0. The van der Waals surface area contributed by atoms with E-state index in [1.54, 1.807) is 12.5 Å². The lowest BCUT2D eigenvalue weighted by Gasteiger charge is -2.06. The minimum absolute atomic E-state index is 0.253. The molecule has 18 heavy (non-hydrogen) atoms. The first-order valence-corrected chi connectivity index (χ1v) is 6.01. The van der Waals surface area contributed by atoms with Crippen LogP contribution < -0.4 is 10.6 Å². The molecule has 2 heterocycles. The molecule has 1 aliphatic rings. The molecule has 0 spiro atoms. The number of aromatic nitrogens is 1. The molecule has 0 saturated heterocycles. The number of hydrogen-bond acceptors (Lipinski definition) is 6. The van der Waals surface area contributed by atoms with Crippen LogP contribution in [0, 0.1) is 10.1 Å². The first-order valence-electron chi connectivity index (χ1n) is 6.01. The van der Waals surface area contributed by atoms with Crippen molar-refractivity contribution in [2.75, 3.05) is 13.1 Å². The standard InChI is InChI=1S/C11H16N4O3/c16-15(17)9-4-6-14-11(9)13-5-2-1-3-10-12-7-8-18-10/h7-8,13-14H,1-6H2. The zero-order chi connectivity index (χ0) is 12.8. The fourth-order valence-electron chi connectivity index (χ4n) is 1.87. The molecule has 0 fully saturated rings. The van der Waals surface area contributed by atoms with Crippen LogP contribution in [0.1, 0.15) is 25.2 Å². The summed E-state index contributed by atoms with van der Waals surface area (Å²) >= 11 is 0.